The summed E-state index contributed by atoms with van der Waals surface area (Å²) in [6.45, 7) is 2.48. The second kappa shape index (κ2) is 3.53. The normalized spacial score (nSPS) is 24.0. The first kappa shape index (κ1) is 9.22. The van der Waals surface area contributed by atoms with E-state index in [0.29, 0.717) is 5.41 Å². The molecule has 1 spiro atoms. The fourth-order valence-electron chi connectivity index (χ4n) is 2.98. The molecule has 1 aliphatic heterocycles. The average Bonchev–Trinajstić information content (AvgIpc) is 2.68. The fourth-order valence-corrected chi connectivity index (χ4v) is 2.98. The highest BCUT2D eigenvalue weighted by molar-refractivity contribution is 5.41. The summed E-state index contributed by atoms with van der Waals surface area (Å²) in [5.41, 5.74) is 5.36. The maximum Gasteiger partial charge on any atom is 0.0490 e. The third-order valence-corrected chi connectivity index (χ3v) is 3.78. The molecule has 1 aliphatic carbocycles. The highest BCUT2D eigenvalue weighted by Gasteiger charge is 2.44. The Balaban J connectivity index is 1.56. The second-order valence-corrected chi connectivity index (χ2v) is 5.04. The SMILES string of the molecule is c1ccc(NN2CC3(CCCC3)C2)cc1. The van der Waals surface area contributed by atoms with Crippen LogP contribution in [0.1, 0.15) is 25.7 Å². The van der Waals surface area contributed by atoms with Crippen molar-refractivity contribution in [1.82, 2.24) is 5.01 Å². The lowest BCUT2D eigenvalue weighted by atomic mass is 9.79. The Morgan fingerprint density at radius 3 is 2.33 bits per heavy atom. The molecular formula is C13H18N2. The minimum absolute atomic E-state index is 0.682. The lowest BCUT2D eigenvalue weighted by molar-refractivity contribution is 0.0277. The molecule has 2 nitrogen and oxygen atoms in total. The highest BCUT2D eigenvalue weighted by Crippen LogP contribution is 2.45. The first-order valence-electron chi connectivity index (χ1n) is 5.93. The molecule has 2 heteroatoms. The molecule has 1 aromatic carbocycles. The van der Waals surface area contributed by atoms with E-state index >= 15 is 0 Å². The predicted molar refractivity (Wildman–Crippen MR) is 62.5 cm³/mol. The summed E-state index contributed by atoms with van der Waals surface area (Å²) < 4.78 is 0. The zero-order chi connectivity index (χ0) is 10.1. The van der Waals surface area contributed by atoms with E-state index in [0.717, 1.165) is 0 Å². The highest BCUT2D eigenvalue weighted by atomic mass is 15.5. The molecule has 2 fully saturated rings. The van der Waals surface area contributed by atoms with Gasteiger partial charge in [0.25, 0.3) is 0 Å². The number of anilines is 1. The molecule has 80 valence electrons. The molecule has 1 N–H and O–H groups in total. The number of nitrogens with one attached hydrogen (secondary N) is 1. The number of hydrazine groups is 1. The van der Waals surface area contributed by atoms with Crippen molar-refractivity contribution in [2.75, 3.05) is 18.5 Å². The first-order valence-corrected chi connectivity index (χ1v) is 5.93. The van der Waals surface area contributed by atoms with Crippen molar-refractivity contribution in [3.8, 4) is 0 Å². The van der Waals surface area contributed by atoms with Crippen molar-refractivity contribution in [3.05, 3.63) is 30.3 Å². The summed E-state index contributed by atoms with van der Waals surface area (Å²) in [6, 6.07) is 10.5. The summed E-state index contributed by atoms with van der Waals surface area (Å²) in [6.07, 6.45) is 5.78. The molecule has 0 atom stereocenters. The van der Waals surface area contributed by atoms with Crippen molar-refractivity contribution < 1.29 is 0 Å². The molecule has 2 aliphatic rings. The Hall–Kier alpha value is -1.02. The Labute approximate surface area is 91.3 Å². The molecule has 1 saturated carbocycles. The number of hydrogen-bond acceptors (Lipinski definition) is 2. The quantitative estimate of drug-likeness (QED) is 0.793. The maximum absolute atomic E-state index is 3.46. The topological polar surface area (TPSA) is 15.3 Å². The van der Waals surface area contributed by atoms with Crippen LogP contribution in [0.4, 0.5) is 5.69 Å². The molecule has 0 radical (unpaired) electrons. The largest absolute Gasteiger partial charge is 0.319 e. The van der Waals surface area contributed by atoms with Gasteiger partial charge in [-0.2, -0.15) is 0 Å². The number of hydrogen-bond donors (Lipinski definition) is 1. The number of rotatable bonds is 2. The molecular weight excluding hydrogens is 184 g/mol. The Morgan fingerprint density at radius 2 is 1.67 bits per heavy atom. The minimum atomic E-state index is 0.682. The summed E-state index contributed by atoms with van der Waals surface area (Å²) in [5.74, 6) is 0. The third-order valence-electron chi connectivity index (χ3n) is 3.78. The van der Waals surface area contributed by atoms with E-state index in [4.69, 9.17) is 0 Å². The van der Waals surface area contributed by atoms with Gasteiger partial charge in [-0.25, -0.2) is 5.01 Å². The number of nitrogens with zero attached hydrogens (tertiary/aromatic N) is 1. The zero-order valence-corrected chi connectivity index (χ0v) is 9.08. The first-order chi connectivity index (χ1) is 7.36. The van der Waals surface area contributed by atoms with Crippen LogP contribution in [0.3, 0.4) is 0 Å². The predicted octanol–water partition coefficient (Wildman–Crippen LogP) is 2.89. The van der Waals surface area contributed by atoms with Gasteiger partial charge in [0.1, 0.15) is 0 Å². The monoisotopic (exact) mass is 202 g/mol. The minimum Gasteiger partial charge on any atom is -0.319 e. The van der Waals surface area contributed by atoms with Gasteiger partial charge in [-0.05, 0) is 30.4 Å². The van der Waals surface area contributed by atoms with Crippen molar-refractivity contribution in [2.24, 2.45) is 5.41 Å². The lowest BCUT2D eigenvalue weighted by Gasteiger charge is -2.48. The van der Waals surface area contributed by atoms with Crippen LogP contribution in [-0.4, -0.2) is 18.1 Å². The fraction of sp³-hybridized carbons (Fsp3) is 0.538. The number of benzene rings is 1. The Morgan fingerprint density at radius 1 is 1.00 bits per heavy atom. The average molecular weight is 202 g/mol. The molecule has 3 rings (SSSR count). The van der Waals surface area contributed by atoms with E-state index in [1.165, 1.54) is 44.5 Å². The molecule has 1 aromatic rings. The molecule has 1 saturated heterocycles. The van der Waals surface area contributed by atoms with Gasteiger partial charge in [-0.15, -0.1) is 0 Å². The standard InChI is InChI=1S/C13H18N2/c1-2-6-12(7-3-1)14-15-10-13(11-15)8-4-5-9-13/h1-3,6-7,14H,4-5,8-11H2. The van der Waals surface area contributed by atoms with Crippen LogP contribution in [0.25, 0.3) is 0 Å². The molecule has 0 amide bonds. The number of para-hydroxylation sites is 1. The van der Waals surface area contributed by atoms with Crippen LogP contribution < -0.4 is 5.43 Å². The van der Waals surface area contributed by atoms with Crippen LogP contribution in [0.2, 0.25) is 0 Å². The van der Waals surface area contributed by atoms with Crippen LogP contribution in [0, 0.1) is 5.41 Å². The third kappa shape index (κ3) is 1.74. The van der Waals surface area contributed by atoms with Gasteiger partial charge in [0.05, 0.1) is 0 Å². The zero-order valence-electron chi connectivity index (χ0n) is 9.08. The van der Waals surface area contributed by atoms with Gasteiger partial charge < -0.3 is 5.43 Å². The maximum atomic E-state index is 3.46. The van der Waals surface area contributed by atoms with E-state index < -0.39 is 0 Å². The molecule has 0 unspecified atom stereocenters. The van der Waals surface area contributed by atoms with E-state index in [2.05, 4.69) is 40.8 Å². The van der Waals surface area contributed by atoms with Crippen LogP contribution in [-0.2, 0) is 0 Å². The van der Waals surface area contributed by atoms with Crippen molar-refractivity contribution in [1.29, 1.82) is 0 Å². The van der Waals surface area contributed by atoms with E-state index in [1.54, 1.807) is 0 Å². The summed E-state index contributed by atoms with van der Waals surface area (Å²) in [5, 5.41) is 2.35. The molecule has 15 heavy (non-hydrogen) atoms. The van der Waals surface area contributed by atoms with Crippen molar-refractivity contribution >= 4 is 5.69 Å². The van der Waals surface area contributed by atoms with Crippen LogP contribution in [0.5, 0.6) is 0 Å². The van der Waals surface area contributed by atoms with E-state index in [1.807, 2.05) is 0 Å². The summed E-state index contributed by atoms with van der Waals surface area (Å²) in [7, 11) is 0. The van der Waals surface area contributed by atoms with Gasteiger partial charge in [0, 0.05) is 18.8 Å². The van der Waals surface area contributed by atoms with Gasteiger partial charge in [-0.3, -0.25) is 0 Å². The second-order valence-electron chi connectivity index (χ2n) is 5.04. The summed E-state index contributed by atoms with van der Waals surface area (Å²) >= 11 is 0. The van der Waals surface area contributed by atoms with Crippen LogP contribution >= 0.6 is 0 Å². The van der Waals surface area contributed by atoms with Gasteiger partial charge >= 0.3 is 0 Å². The van der Waals surface area contributed by atoms with Crippen LogP contribution in [0.15, 0.2) is 30.3 Å². The van der Waals surface area contributed by atoms with Gasteiger partial charge in [0.2, 0.25) is 0 Å². The van der Waals surface area contributed by atoms with E-state index in [-0.39, 0.29) is 0 Å². The Bertz CT molecular complexity index is 320. The van der Waals surface area contributed by atoms with Crippen molar-refractivity contribution in [3.63, 3.8) is 0 Å². The lowest BCUT2D eigenvalue weighted by Crippen LogP contribution is -2.57. The van der Waals surface area contributed by atoms with Gasteiger partial charge in [0.15, 0.2) is 0 Å². The Kier molecular flexibility index (Phi) is 2.17. The molecule has 0 bridgehead atoms. The van der Waals surface area contributed by atoms with Crippen molar-refractivity contribution in [2.45, 2.75) is 25.7 Å². The molecule has 0 aromatic heterocycles. The van der Waals surface area contributed by atoms with Gasteiger partial charge in [-0.1, -0.05) is 31.0 Å². The smallest absolute Gasteiger partial charge is 0.0490 e. The van der Waals surface area contributed by atoms with E-state index in [9.17, 15) is 0 Å². The summed E-state index contributed by atoms with van der Waals surface area (Å²) in [4.78, 5) is 0. The molecule has 1 heterocycles.